The summed E-state index contributed by atoms with van der Waals surface area (Å²) < 4.78 is 12.1. The van der Waals surface area contributed by atoms with Gasteiger partial charge in [-0.1, -0.05) is 23.9 Å². The number of furan rings is 1. The Bertz CT molecular complexity index is 1410. The van der Waals surface area contributed by atoms with Crippen LogP contribution in [-0.4, -0.2) is 24.7 Å². The molecule has 0 bridgehead atoms. The lowest BCUT2D eigenvalue weighted by Crippen LogP contribution is -2.31. The summed E-state index contributed by atoms with van der Waals surface area (Å²) in [6, 6.07) is 20.2. The molecule has 37 heavy (non-hydrogen) atoms. The summed E-state index contributed by atoms with van der Waals surface area (Å²) in [5.41, 5.74) is 2.37. The van der Waals surface area contributed by atoms with Gasteiger partial charge in [0, 0.05) is 15.0 Å². The molecule has 0 spiro atoms. The first kappa shape index (κ1) is 26.4. The van der Waals surface area contributed by atoms with E-state index in [0.29, 0.717) is 39.2 Å². The van der Waals surface area contributed by atoms with Crippen molar-refractivity contribution in [2.75, 3.05) is 23.5 Å². The van der Waals surface area contributed by atoms with E-state index in [1.807, 2.05) is 30.3 Å². The molecule has 1 atom stereocenters. The Kier molecular flexibility index (Phi) is 8.58. The number of nitrogens with one attached hydrogen (secondary N) is 3. The Hall–Kier alpha value is -3.69. The van der Waals surface area contributed by atoms with Gasteiger partial charge in [-0.05, 0) is 78.0 Å². The number of hydrogen-bond donors (Lipinski definition) is 3. The smallest absolute Gasteiger partial charge is 0.254 e. The number of rotatable bonds is 8. The van der Waals surface area contributed by atoms with Crippen molar-refractivity contribution < 1.29 is 18.7 Å². The molecule has 2 heterocycles. The Morgan fingerprint density at radius 2 is 1.89 bits per heavy atom. The first-order valence-corrected chi connectivity index (χ1v) is 13.3. The highest BCUT2D eigenvalue weighted by Gasteiger charge is 2.36. The van der Waals surface area contributed by atoms with Gasteiger partial charge in [0.25, 0.3) is 5.91 Å². The molecule has 1 aromatic heterocycles. The molecule has 8 nitrogen and oxygen atoms in total. The number of allylic oxidation sites excluding steroid dienone is 2. The zero-order chi connectivity index (χ0) is 26.4. The molecule has 1 aliphatic rings. The molecule has 1 aliphatic heterocycles. The number of nitriles is 1. The highest BCUT2D eigenvalue weighted by atomic mass is 127. The van der Waals surface area contributed by atoms with Gasteiger partial charge in [0.15, 0.2) is 0 Å². The predicted octanol–water partition coefficient (Wildman–Crippen LogP) is 5.60. The number of carbonyl (C=O) groups excluding carboxylic acids is 2. The second kappa shape index (κ2) is 12.0. The third-order valence-corrected chi connectivity index (χ3v) is 7.29. The minimum atomic E-state index is -0.752. The van der Waals surface area contributed by atoms with E-state index in [0.717, 1.165) is 3.57 Å². The minimum Gasteiger partial charge on any atom is -0.495 e. The molecule has 0 aliphatic carbocycles. The van der Waals surface area contributed by atoms with Crippen LogP contribution in [0.25, 0.3) is 0 Å². The first-order valence-electron chi connectivity index (χ1n) is 11.2. The number of dihydropyridines is 1. The fourth-order valence-electron chi connectivity index (χ4n) is 3.87. The van der Waals surface area contributed by atoms with E-state index < -0.39 is 11.8 Å². The molecule has 2 amide bonds. The number of anilines is 2. The standard InChI is InChI=1S/C27H23IN4O4S/c1-16-24(26(34)32-20-6-3-4-7-21(20)35-2)25(22-8-5-13-36-22)19(14-29)27(30-16)37-15-23(33)31-18-11-9-17(28)10-12-18/h3-13,25,30H,15H2,1-2H3,(H,31,33)(H,32,34). The topological polar surface area (TPSA) is 116 Å². The van der Waals surface area contributed by atoms with Crippen LogP contribution in [0.2, 0.25) is 0 Å². The largest absolute Gasteiger partial charge is 0.495 e. The Balaban J connectivity index is 1.59. The Labute approximate surface area is 232 Å². The SMILES string of the molecule is COc1ccccc1NC(=O)C1=C(C)NC(SCC(=O)Nc2ccc(I)cc2)=C(C#N)C1c1ccco1. The zero-order valence-electron chi connectivity index (χ0n) is 20.0. The van der Waals surface area contributed by atoms with Crippen LogP contribution >= 0.6 is 34.4 Å². The highest BCUT2D eigenvalue weighted by molar-refractivity contribution is 14.1. The van der Waals surface area contributed by atoms with Crippen LogP contribution in [0.5, 0.6) is 5.75 Å². The van der Waals surface area contributed by atoms with Gasteiger partial charge in [0.05, 0.1) is 53.0 Å². The number of nitrogens with zero attached hydrogens (tertiary/aromatic N) is 1. The molecule has 0 radical (unpaired) electrons. The molecule has 2 aromatic carbocycles. The summed E-state index contributed by atoms with van der Waals surface area (Å²) in [4.78, 5) is 26.1. The van der Waals surface area contributed by atoms with Gasteiger partial charge in [-0.15, -0.1) is 0 Å². The van der Waals surface area contributed by atoms with E-state index in [1.165, 1.54) is 25.1 Å². The number of benzene rings is 2. The van der Waals surface area contributed by atoms with Crippen molar-refractivity contribution in [3.05, 3.63) is 98.1 Å². The van der Waals surface area contributed by atoms with E-state index in [9.17, 15) is 14.9 Å². The van der Waals surface area contributed by atoms with Crippen LogP contribution < -0.4 is 20.7 Å². The van der Waals surface area contributed by atoms with Crippen molar-refractivity contribution >= 4 is 57.5 Å². The average molecular weight is 626 g/mol. The second-order valence-electron chi connectivity index (χ2n) is 7.96. The van der Waals surface area contributed by atoms with Gasteiger partial charge in [0.1, 0.15) is 11.5 Å². The average Bonchev–Trinajstić information content (AvgIpc) is 3.43. The van der Waals surface area contributed by atoms with Crippen LogP contribution in [0.3, 0.4) is 0 Å². The molecule has 188 valence electrons. The maximum Gasteiger partial charge on any atom is 0.254 e. The summed E-state index contributed by atoms with van der Waals surface area (Å²) in [5, 5.41) is 19.5. The van der Waals surface area contributed by atoms with Crippen molar-refractivity contribution in [1.29, 1.82) is 5.26 Å². The van der Waals surface area contributed by atoms with Gasteiger partial charge < -0.3 is 25.1 Å². The summed E-state index contributed by atoms with van der Waals surface area (Å²) in [6.45, 7) is 1.76. The Morgan fingerprint density at radius 1 is 1.14 bits per heavy atom. The molecule has 10 heteroatoms. The van der Waals surface area contributed by atoms with Crippen molar-refractivity contribution in [2.24, 2.45) is 0 Å². The van der Waals surface area contributed by atoms with E-state index in [1.54, 1.807) is 37.3 Å². The normalized spacial score (nSPS) is 15.0. The van der Waals surface area contributed by atoms with E-state index in [2.05, 4.69) is 44.6 Å². The molecule has 0 fully saturated rings. The number of carbonyl (C=O) groups is 2. The summed E-state index contributed by atoms with van der Waals surface area (Å²) in [5.74, 6) is -0.334. The van der Waals surface area contributed by atoms with E-state index >= 15 is 0 Å². The van der Waals surface area contributed by atoms with Gasteiger partial charge in [-0.3, -0.25) is 9.59 Å². The zero-order valence-corrected chi connectivity index (χ0v) is 23.0. The maximum absolute atomic E-state index is 13.5. The number of methoxy groups -OCH3 is 1. The maximum atomic E-state index is 13.5. The summed E-state index contributed by atoms with van der Waals surface area (Å²) in [7, 11) is 1.53. The lowest BCUT2D eigenvalue weighted by molar-refractivity contribution is -0.114. The molecule has 3 N–H and O–H groups in total. The van der Waals surface area contributed by atoms with Crippen LogP contribution in [0.4, 0.5) is 11.4 Å². The van der Waals surface area contributed by atoms with Gasteiger partial charge in [0.2, 0.25) is 5.91 Å². The second-order valence-corrected chi connectivity index (χ2v) is 10.2. The summed E-state index contributed by atoms with van der Waals surface area (Å²) in [6.07, 6.45) is 1.50. The quantitative estimate of drug-likeness (QED) is 0.279. The fourth-order valence-corrected chi connectivity index (χ4v) is 5.12. The predicted molar refractivity (Wildman–Crippen MR) is 152 cm³/mol. The molecular weight excluding hydrogens is 603 g/mol. The molecule has 0 saturated heterocycles. The van der Waals surface area contributed by atoms with Crippen molar-refractivity contribution in [1.82, 2.24) is 5.32 Å². The number of ether oxygens (including phenoxy) is 1. The van der Waals surface area contributed by atoms with Crippen LogP contribution in [0, 0.1) is 14.9 Å². The third kappa shape index (κ3) is 6.18. The van der Waals surface area contributed by atoms with E-state index in [-0.39, 0.29) is 17.2 Å². The van der Waals surface area contributed by atoms with Gasteiger partial charge in [-0.25, -0.2) is 0 Å². The molecule has 1 unspecified atom stereocenters. The summed E-state index contributed by atoms with van der Waals surface area (Å²) >= 11 is 3.39. The molecule has 4 rings (SSSR count). The number of halogens is 1. The number of amides is 2. The van der Waals surface area contributed by atoms with Crippen LogP contribution in [0.1, 0.15) is 18.6 Å². The van der Waals surface area contributed by atoms with Crippen LogP contribution in [0.15, 0.2) is 93.2 Å². The van der Waals surface area contributed by atoms with Crippen molar-refractivity contribution in [3.8, 4) is 11.8 Å². The Morgan fingerprint density at radius 3 is 2.57 bits per heavy atom. The molecule has 3 aromatic rings. The number of thioether (sulfide) groups is 1. The lowest BCUT2D eigenvalue weighted by Gasteiger charge is -2.28. The van der Waals surface area contributed by atoms with Crippen molar-refractivity contribution in [3.63, 3.8) is 0 Å². The fraction of sp³-hybridized carbons (Fsp3) is 0.148. The van der Waals surface area contributed by atoms with Crippen LogP contribution in [-0.2, 0) is 9.59 Å². The first-order chi connectivity index (χ1) is 17.9. The molecule has 0 saturated carbocycles. The third-order valence-electron chi connectivity index (χ3n) is 5.55. The minimum absolute atomic E-state index is 0.0698. The number of para-hydroxylation sites is 2. The van der Waals surface area contributed by atoms with Gasteiger partial charge in [-0.2, -0.15) is 5.26 Å². The molecular formula is C27H23IN4O4S. The highest BCUT2D eigenvalue weighted by Crippen LogP contribution is 2.41. The number of hydrogen-bond acceptors (Lipinski definition) is 7. The van der Waals surface area contributed by atoms with E-state index in [4.69, 9.17) is 9.15 Å². The lowest BCUT2D eigenvalue weighted by atomic mass is 9.85. The van der Waals surface area contributed by atoms with Gasteiger partial charge >= 0.3 is 0 Å². The monoisotopic (exact) mass is 626 g/mol. The van der Waals surface area contributed by atoms with Crippen molar-refractivity contribution in [2.45, 2.75) is 12.8 Å².